The Morgan fingerprint density at radius 1 is 1.02 bits per heavy atom. The Hall–Kier alpha value is -3.96. The summed E-state index contributed by atoms with van der Waals surface area (Å²) in [4.78, 5) is 26.9. The van der Waals surface area contributed by atoms with Crippen molar-refractivity contribution in [1.29, 1.82) is 0 Å². The fraction of sp³-hybridized carbons (Fsp3) is 0.250. The van der Waals surface area contributed by atoms with Crippen molar-refractivity contribution < 1.29 is 19.4 Å². The fourth-order valence-corrected chi connectivity index (χ4v) is 6.17. The number of aliphatic imine (C=N–C) groups is 1. The third kappa shape index (κ3) is 6.74. The summed E-state index contributed by atoms with van der Waals surface area (Å²) in [5.41, 5.74) is 3.84. The average molecular weight is 599 g/mol. The number of methoxy groups -OCH3 is 1. The maximum Gasteiger partial charge on any atom is 0.359 e. The minimum Gasteiger partial charge on any atom is -0.464 e. The molecule has 10 heteroatoms. The van der Waals surface area contributed by atoms with Gasteiger partial charge in [-0.2, -0.15) is 0 Å². The number of aliphatic hydroxyl groups excluding tert-OH is 1. The molecule has 0 aliphatic rings. The number of fused-ring (bicyclic) bond motifs is 1. The number of carbonyl (C=O) groups excluding carboxylic acids is 1. The van der Waals surface area contributed by atoms with E-state index in [-0.39, 0.29) is 5.69 Å². The number of nitrogens with zero attached hydrogens (tertiary/aromatic N) is 4. The number of aromatic nitrogens is 3. The molecular formula is C32H34N4O4SSi. The van der Waals surface area contributed by atoms with Gasteiger partial charge in [-0.25, -0.2) is 19.8 Å². The average Bonchev–Trinajstić information content (AvgIpc) is 3.60. The molecule has 0 radical (unpaired) electrons. The van der Waals surface area contributed by atoms with Gasteiger partial charge in [0.25, 0.3) is 0 Å². The van der Waals surface area contributed by atoms with Gasteiger partial charge in [-0.3, -0.25) is 0 Å². The van der Waals surface area contributed by atoms with Crippen LogP contribution in [-0.4, -0.2) is 53.1 Å². The molecule has 216 valence electrons. The number of pyridine rings is 1. The van der Waals surface area contributed by atoms with E-state index in [0.717, 1.165) is 33.9 Å². The molecule has 0 aliphatic heterocycles. The third-order valence-electron chi connectivity index (χ3n) is 6.73. The summed E-state index contributed by atoms with van der Waals surface area (Å²) in [6, 6.07) is 24.3. The van der Waals surface area contributed by atoms with Gasteiger partial charge in [-0.05, 0) is 18.2 Å². The highest BCUT2D eigenvalue weighted by Gasteiger charge is 2.27. The van der Waals surface area contributed by atoms with E-state index in [1.54, 1.807) is 6.20 Å². The summed E-state index contributed by atoms with van der Waals surface area (Å²) in [5, 5.41) is 13.1. The topological polar surface area (TPSA) is 98.8 Å². The highest BCUT2D eigenvalue weighted by atomic mass is 32.1. The molecule has 1 unspecified atom stereocenters. The van der Waals surface area contributed by atoms with Gasteiger partial charge in [-0.15, -0.1) is 0 Å². The van der Waals surface area contributed by atoms with Crippen LogP contribution in [0, 0.1) is 0 Å². The van der Waals surface area contributed by atoms with Crippen molar-refractivity contribution in [2.75, 3.05) is 13.7 Å². The summed E-state index contributed by atoms with van der Waals surface area (Å²) in [5.74, 6) is -0.621. The van der Waals surface area contributed by atoms with Gasteiger partial charge >= 0.3 is 5.97 Å². The number of esters is 1. The second-order valence-corrected chi connectivity index (χ2v) is 17.7. The molecule has 5 aromatic rings. The number of aliphatic hydroxyl groups is 1. The lowest BCUT2D eigenvalue weighted by Crippen LogP contribution is -2.22. The molecular weight excluding hydrogens is 565 g/mol. The predicted octanol–water partition coefficient (Wildman–Crippen LogP) is 6.84. The van der Waals surface area contributed by atoms with E-state index in [1.807, 2.05) is 83.6 Å². The Bertz CT molecular complexity index is 1650. The van der Waals surface area contributed by atoms with Crippen molar-refractivity contribution in [3.63, 3.8) is 0 Å². The summed E-state index contributed by atoms with van der Waals surface area (Å²) < 4.78 is 12.9. The number of ether oxygens (including phenoxy) is 2. The second-order valence-electron chi connectivity index (χ2n) is 11.1. The van der Waals surface area contributed by atoms with Gasteiger partial charge in [0.1, 0.15) is 23.5 Å². The van der Waals surface area contributed by atoms with Gasteiger partial charge in [0.15, 0.2) is 10.7 Å². The van der Waals surface area contributed by atoms with Crippen LogP contribution in [0.1, 0.15) is 38.3 Å². The summed E-state index contributed by atoms with van der Waals surface area (Å²) in [6.45, 7) is 7.93. The van der Waals surface area contributed by atoms with Crippen LogP contribution >= 0.6 is 11.3 Å². The third-order valence-corrected chi connectivity index (χ3v) is 9.44. The van der Waals surface area contributed by atoms with E-state index < -0.39 is 20.1 Å². The first-order valence-electron chi connectivity index (χ1n) is 13.7. The number of benzene rings is 2. The van der Waals surface area contributed by atoms with Crippen LogP contribution in [0.2, 0.25) is 25.7 Å². The predicted molar refractivity (Wildman–Crippen MR) is 170 cm³/mol. The van der Waals surface area contributed by atoms with Crippen LogP contribution in [0.25, 0.3) is 11.0 Å². The van der Waals surface area contributed by atoms with Crippen molar-refractivity contribution in [3.8, 4) is 0 Å². The van der Waals surface area contributed by atoms with Crippen LogP contribution in [0.5, 0.6) is 0 Å². The van der Waals surface area contributed by atoms with Crippen LogP contribution < -0.4 is 0 Å². The van der Waals surface area contributed by atoms with Crippen molar-refractivity contribution in [2.24, 2.45) is 4.99 Å². The highest BCUT2D eigenvalue weighted by Crippen LogP contribution is 2.37. The number of carbonyl (C=O) groups is 1. The Labute approximate surface area is 250 Å². The van der Waals surface area contributed by atoms with E-state index in [2.05, 4.69) is 29.6 Å². The number of thiazole rings is 1. The lowest BCUT2D eigenvalue weighted by molar-refractivity contribution is 0.0595. The molecule has 42 heavy (non-hydrogen) atoms. The van der Waals surface area contributed by atoms with Gasteiger partial charge in [0, 0.05) is 49.2 Å². The van der Waals surface area contributed by atoms with Gasteiger partial charge in [0.05, 0.1) is 12.8 Å². The Morgan fingerprint density at radius 3 is 2.31 bits per heavy atom. The minimum absolute atomic E-state index is 0.0532. The zero-order valence-corrected chi connectivity index (χ0v) is 26.0. The van der Waals surface area contributed by atoms with Crippen molar-refractivity contribution in [2.45, 2.75) is 38.5 Å². The maximum absolute atomic E-state index is 12.8. The normalized spacial score (nSPS) is 12.3. The standard InChI is InChI=1S/C32H34N4O4SSi/c1-39-32(38)27-30(34-26(22-12-7-5-8-13-22)23-14-9-6-10-15-23)41-31(35-27)28(37)25-20-36(21-40-18-19-42(2,3)4)29-24(25)16-11-17-33-29/h5-17,20,28,37H,18-19,21H2,1-4H3. The van der Waals surface area contributed by atoms with Gasteiger partial charge < -0.3 is 19.1 Å². The molecule has 0 saturated heterocycles. The van der Waals surface area contributed by atoms with Gasteiger partial charge in [-0.1, -0.05) is 91.6 Å². The lowest BCUT2D eigenvalue weighted by atomic mass is 10.0. The molecule has 0 bridgehead atoms. The molecule has 2 aromatic carbocycles. The van der Waals surface area contributed by atoms with Crippen molar-refractivity contribution in [1.82, 2.24) is 14.5 Å². The molecule has 0 spiro atoms. The Morgan fingerprint density at radius 2 is 1.69 bits per heavy atom. The molecule has 3 heterocycles. The van der Waals surface area contributed by atoms with Crippen LogP contribution in [0.4, 0.5) is 5.00 Å². The number of hydrogen-bond acceptors (Lipinski definition) is 8. The van der Waals surface area contributed by atoms with Crippen molar-refractivity contribution in [3.05, 3.63) is 113 Å². The van der Waals surface area contributed by atoms with Gasteiger partial charge in [0.2, 0.25) is 0 Å². The fourth-order valence-electron chi connectivity index (χ4n) is 4.48. The van der Waals surface area contributed by atoms with Crippen LogP contribution in [0.15, 0.2) is 90.2 Å². The van der Waals surface area contributed by atoms with E-state index >= 15 is 0 Å². The molecule has 3 aromatic heterocycles. The SMILES string of the molecule is COC(=O)c1nc(C(O)c2cn(COCC[Si](C)(C)C)c3ncccc23)sc1N=C(c1ccccc1)c1ccccc1. The zero-order chi connectivity index (χ0) is 29.7. The summed E-state index contributed by atoms with van der Waals surface area (Å²) >= 11 is 1.16. The molecule has 1 N–H and O–H groups in total. The van der Waals surface area contributed by atoms with E-state index in [9.17, 15) is 9.90 Å². The maximum atomic E-state index is 12.8. The van der Waals surface area contributed by atoms with Crippen molar-refractivity contribution >= 4 is 47.1 Å². The quantitative estimate of drug-likeness (QED) is 0.0773. The largest absolute Gasteiger partial charge is 0.464 e. The smallest absolute Gasteiger partial charge is 0.359 e. The molecule has 0 saturated carbocycles. The first-order chi connectivity index (χ1) is 20.2. The van der Waals surface area contributed by atoms with Crippen LogP contribution in [0.3, 0.4) is 0 Å². The number of rotatable bonds is 11. The molecule has 5 rings (SSSR count). The molecule has 0 aliphatic carbocycles. The summed E-state index contributed by atoms with van der Waals surface area (Å²) in [7, 11) is 0.0855. The van der Waals surface area contributed by atoms with E-state index in [0.29, 0.717) is 40.3 Å². The molecule has 0 amide bonds. The molecule has 8 nitrogen and oxygen atoms in total. The van der Waals surface area contributed by atoms with E-state index in [1.165, 1.54) is 7.11 Å². The molecule has 1 atom stereocenters. The summed E-state index contributed by atoms with van der Waals surface area (Å²) in [6.07, 6.45) is 2.45. The first kappa shape index (κ1) is 29.5. The highest BCUT2D eigenvalue weighted by molar-refractivity contribution is 7.16. The number of hydrogen-bond donors (Lipinski definition) is 1. The first-order valence-corrected chi connectivity index (χ1v) is 18.3. The van der Waals surface area contributed by atoms with E-state index in [4.69, 9.17) is 14.5 Å². The molecule has 0 fully saturated rings. The Kier molecular flexibility index (Phi) is 9.08. The zero-order valence-electron chi connectivity index (χ0n) is 24.2. The second kappa shape index (κ2) is 12.9. The van der Waals surface area contributed by atoms with Crippen LogP contribution in [-0.2, 0) is 16.2 Å². The monoisotopic (exact) mass is 598 g/mol. The Balaban J connectivity index is 1.54. The minimum atomic E-state index is -1.22. The lowest BCUT2D eigenvalue weighted by Gasteiger charge is -2.15.